The Hall–Kier alpha value is -3.85. The fourth-order valence-corrected chi connectivity index (χ4v) is 5.87. The van der Waals surface area contributed by atoms with Gasteiger partial charge in [-0.3, -0.25) is 4.79 Å². The average Bonchev–Trinajstić information content (AvgIpc) is 3.56. The summed E-state index contributed by atoms with van der Waals surface area (Å²) in [4.78, 5) is 38.5. The number of carbonyl (C=O) groups is 3. The number of aliphatic hydroxyl groups is 4. The Morgan fingerprint density at radius 2 is 1.82 bits per heavy atom. The Kier molecular flexibility index (Phi) is 9.07. The molecule has 13 heteroatoms. The summed E-state index contributed by atoms with van der Waals surface area (Å²) < 4.78 is 27.9. The zero-order chi connectivity index (χ0) is 31.8. The molecule has 236 valence electrons. The molecule has 1 saturated heterocycles. The van der Waals surface area contributed by atoms with E-state index in [0.29, 0.717) is 5.56 Å². The monoisotopic (exact) mass is 614 g/mol. The van der Waals surface area contributed by atoms with Crippen LogP contribution in [0.2, 0.25) is 0 Å². The van der Waals surface area contributed by atoms with Crippen molar-refractivity contribution in [3.05, 3.63) is 71.5 Å². The maximum atomic E-state index is 13.2. The van der Waals surface area contributed by atoms with Crippen LogP contribution in [0.3, 0.4) is 0 Å². The minimum atomic E-state index is -1.73. The molecule has 1 aromatic rings. The molecule has 1 spiro atoms. The SMILES string of the molecule is COC(=O)C1=COC(OC2O[C@@H](CO)[C@H](O)[C@@H](O)[C@@H]2O)[C@H]2C1C=CC21C=C(C(C)CC(=O)/C=C/c2ccc(O)cc2)C(=O)O1. The van der Waals surface area contributed by atoms with Crippen LogP contribution in [0.25, 0.3) is 6.08 Å². The number of esters is 2. The predicted molar refractivity (Wildman–Crippen MR) is 149 cm³/mol. The van der Waals surface area contributed by atoms with Gasteiger partial charge in [0.25, 0.3) is 0 Å². The third-order valence-corrected chi connectivity index (χ3v) is 8.27. The van der Waals surface area contributed by atoms with E-state index in [1.54, 1.807) is 43.4 Å². The van der Waals surface area contributed by atoms with Crippen LogP contribution in [-0.2, 0) is 38.1 Å². The average molecular weight is 615 g/mol. The van der Waals surface area contributed by atoms with E-state index in [0.717, 1.165) is 6.26 Å². The summed E-state index contributed by atoms with van der Waals surface area (Å²) in [5.41, 5.74) is -0.438. The normalized spacial score (nSPS) is 35.1. The third-order valence-electron chi connectivity index (χ3n) is 8.27. The Balaban J connectivity index is 1.39. The van der Waals surface area contributed by atoms with Crippen LogP contribution in [0.5, 0.6) is 5.75 Å². The third kappa shape index (κ3) is 5.94. The van der Waals surface area contributed by atoms with Crippen molar-refractivity contribution in [1.82, 2.24) is 0 Å². The van der Waals surface area contributed by atoms with E-state index in [4.69, 9.17) is 23.7 Å². The molecule has 1 aliphatic carbocycles. The number of aromatic hydroxyl groups is 1. The number of hydrogen-bond acceptors (Lipinski definition) is 13. The van der Waals surface area contributed by atoms with E-state index in [9.17, 15) is 39.9 Å². The molecular weight excluding hydrogens is 580 g/mol. The summed E-state index contributed by atoms with van der Waals surface area (Å²) in [6, 6.07) is 6.30. The van der Waals surface area contributed by atoms with Crippen LogP contribution < -0.4 is 0 Å². The highest BCUT2D eigenvalue weighted by molar-refractivity contribution is 5.97. The van der Waals surface area contributed by atoms with Gasteiger partial charge < -0.3 is 49.2 Å². The minimum Gasteiger partial charge on any atom is -0.508 e. The highest BCUT2D eigenvalue weighted by Crippen LogP contribution is 2.51. The number of methoxy groups -OCH3 is 1. The van der Waals surface area contributed by atoms with Gasteiger partial charge in [0.2, 0.25) is 6.29 Å². The van der Waals surface area contributed by atoms with Crippen LogP contribution in [0.15, 0.2) is 66.0 Å². The van der Waals surface area contributed by atoms with Crippen molar-refractivity contribution in [2.24, 2.45) is 17.8 Å². The summed E-state index contributed by atoms with van der Waals surface area (Å²) in [6.45, 7) is 1.03. The van der Waals surface area contributed by atoms with Crippen LogP contribution in [0.4, 0.5) is 0 Å². The molecule has 10 atom stereocenters. The number of phenols is 1. The molecule has 1 fully saturated rings. The van der Waals surface area contributed by atoms with E-state index in [2.05, 4.69) is 0 Å². The van der Waals surface area contributed by atoms with Crippen LogP contribution in [0.1, 0.15) is 18.9 Å². The Labute approximate surface area is 252 Å². The quantitative estimate of drug-likeness (QED) is 0.144. The van der Waals surface area contributed by atoms with Gasteiger partial charge in [-0.1, -0.05) is 31.2 Å². The van der Waals surface area contributed by atoms with Gasteiger partial charge >= 0.3 is 11.9 Å². The number of ether oxygens (including phenoxy) is 5. The maximum Gasteiger partial charge on any atom is 0.337 e. The molecule has 44 heavy (non-hydrogen) atoms. The molecule has 5 rings (SSSR count). The Bertz CT molecular complexity index is 1390. The van der Waals surface area contributed by atoms with Gasteiger partial charge in [0.1, 0.15) is 30.2 Å². The number of benzene rings is 1. The molecule has 0 radical (unpaired) electrons. The molecule has 1 aromatic carbocycles. The second-order valence-electron chi connectivity index (χ2n) is 11.2. The van der Waals surface area contributed by atoms with Crippen LogP contribution in [-0.4, -0.2) is 99.6 Å². The highest BCUT2D eigenvalue weighted by Gasteiger charge is 2.59. The maximum absolute atomic E-state index is 13.2. The zero-order valence-corrected chi connectivity index (χ0v) is 23.9. The van der Waals surface area contributed by atoms with Crippen molar-refractivity contribution in [3.63, 3.8) is 0 Å². The zero-order valence-electron chi connectivity index (χ0n) is 23.9. The molecule has 3 heterocycles. The Morgan fingerprint density at radius 3 is 2.50 bits per heavy atom. The smallest absolute Gasteiger partial charge is 0.337 e. The lowest BCUT2D eigenvalue weighted by Gasteiger charge is -2.44. The second kappa shape index (κ2) is 12.6. The molecule has 5 N–H and O–H groups in total. The van der Waals surface area contributed by atoms with Gasteiger partial charge in [0, 0.05) is 17.9 Å². The molecule has 0 aromatic heterocycles. The largest absolute Gasteiger partial charge is 0.508 e. The van der Waals surface area contributed by atoms with Crippen molar-refractivity contribution in [1.29, 1.82) is 0 Å². The lowest BCUT2D eigenvalue weighted by Crippen LogP contribution is -2.60. The summed E-state index contributed by atoms with van der Waals surface area (Å²) in [5.74, 6) is -3.76. The van der Waals surface area contributed by atoms with Crippen molar-refractivity contribution in [2.75, 3.05) is 13.7 Å². The fourth-order valence-electron chi connectivity index (χ4n) is 5.87. The number of aliphatic hydroxyl groups excluding tert-OH is 4. The molecule has 13 nitrogen and oxygen atoms in total. The molecule has 5 unspecified atom stereocenters. The standard InChI is InChI=1S/C31H34O13/c1-15(11-18(34)8-5-16-3-6-17(33)7-4-16)20-12-31(44-28(20)39)10-9-19-21(27(38)40-2)14-41-29(23(19)31)43-30-26(37)25(36)24(35)22(13-32)42-30/h3-10,12,14-15,19,22-26,29-30,32-33,35-37H,11,13H2,1-2H3/b8-5+/t15?,19?,22-,23+,24-,25+,26-,29?,30?,31?/m0/s1. The summed E-state index contributed by atoms with van der Waals surface area (Å²) in [6.07, 6.45) is -0.294. The molecule has 3 aliphatic heterocycles. The first-order chi connectivity index (χ1) is 21.0. The van der Waals surface area contributed by atoms with Gasteiger partial charge in [-0.15, -0.1) is 0 Å². The van der Waals surface area contributed by atoms with Crippen molar-refractivity contribution in [2.45, 2.75) is 55.9 Å². The van der Waals surface area contributed by atoms with Gasteiger partial charge in [0.05, 0.1) is 31.5 Å². The first kappa shape index (κ1) is 31.6. The lowest BCUT2D eigenvalue weighted by atomic mass is 9.78. The number of ketones is 1. The molecule has 4 aliphatic rings. The van der Waals surface area contributed by atoms with Gasteiger partial charge in [-0.05, 0) is 41.8 Å². The topological polar surface area (TPSA) is 199 Å². The number of allylic oxidation sites excluding steroid dienone is 2. The number of rotatable bonds is 9. The fraction of sp³-hybridized carbons (Fsp3) is 0.452. The van der Waals surface area contributed by atoms with Crippen LogP contribution in [0, 0.1) is 17.8 Å². The molecule has 0 bridgehead atoms. The van der Waals surface area contributed by atoms with E-state index in [1.165, 1.54) is 25.3 Å². The van der Waals surface area contributed by atoms with Crippen molar-refractivity contribution >= 4 is 23.8 Å². The molecule has 0 saturated carbocycles. The van der Waals surface area contributed by atoms with Crippen LogP contribution >= 0.6 is 0 Å². The van der Waals surface area contributed by atoms with E-state index >= 15 is 0 Å². The van der Waals surface area contributed by atoms with E-state index < -0.39 is 78.9 Å². The number of phenolic OH excluding ortho intramolecular Hbond substituents is 1. The number of hydrogen-bond donors (Lipinski definition) is 5. The number of fused-ring (bicyclic) bond motifs is 2. The van der Waals surface area contributed by atoms with Crippen molar-refractivity contribution < 1.29 is 63.6 Å². The first-order valence-electron chi connectivity index (χ1n) is 14.0. The summed E-state index contributed by atoms with van der Waals surface area (Å²) in [7, 11) is 1.20. The van der Waals surface area contributed by atoms with E-state index in [-0.39, 0.29) is 29.1 Å². The Morgan fingerprint density at radius 1 is 1.09 bits per heavy atom. The summed E-state index contributed by atoms with van der Waals surface area (Å²) in [5, 5.41) is 49.9. The van der Waals surface area contributed by atoms with Gasteiger partial charge in [-0.2, -0.15) is 0 Å². The highest BCUT2D eigenvalue weighted by atomic mass is 16.8. The van der Waals surface area contributed by atoms with Crippen molar-refractivity contribution in [3.8, 4) is 5.75 Å². The second-order valence-corrected chi connectivity index (χ2v) is 11.2. The summed E-state index contributed by atoms with van der Waals surface area (Å²) >= 11 is 0. The predicted octanol–water partition coefficient (Wildman–Crippen LogP) is 0.255. The molecule has 0 amide bonds. The molecular formula is C31H34O13. The first-order valence-corrected chi connectivity index (χ1v) is 14.0. The number of carbonyl (C=O) groups excluding carboxylic acids is 3. The lowest BCUT2D eigenvalue weighted by molar-refractivity contribution is -0.344. The van der Waals surface area contributed by atoms with Gasteiger partial charge in [0.15, 0.2) is 17.7 Å². The van der Waals surface area contributed by atoms with Gasteiger partial charge in [-0.25, -0.2) is 9.59 Å². The minimum absolute atomic E-state index is 0.0159. The van der Waals surface area contributed by atoms with E-state index in [1.807, 2.05) is 0 Å².